The molecule has 0 amide bonds. The van der Waals surface area contributed by atoms with Gasteiger partial charge >= 0.3 is 0 Å². The topological polar surface area (TPSA) is 55.2 Å². The molecule has 0 aliphatic heterocycles. The average molecular weight is 339 g/mol. The van der Waals surface area contributed by atoms with E-state index in [1.54, 1.807) is 18.2 Å². The van der Waals surface area contributed by atoms with Crippen molar-refractivity contribution >= 4 is 21.6 Å². The summed E-state index contributed by atoms with van der Waals surface area (Å²) in [6.45, 7) is 1.07. The molecule has 0 saturated carbocycles. The molecule has 0 fully saturated rings. The standard InChI is InChI=1S/C14H12BrFN2O2/c15-14-11(2-1-3-13(14)16)9-17-8-10-4-6-12(7-5-10)18(19)20/h1-7,17H,8-9H2. The minimum absolute atomic E-state index is 0.0709. The van der Waals surface area contributed by atoms with E-state index >= 15 is 0 Å². The van der Waals surface area contributed by atoms with E-state index in [9.17, 15) is 14.5 Å². The first-order chi connectivity index (χ1) is 9.58. The third-order valence-electron chi connectivity index (χ3n) is 2.82. The number of non-ortho nitro benzene ring substituents is 1. The summed E-state index contributed by atoms with van der Waals surface area (Å²) < 4.78 is 13.8. The largest absolute Gasteiger partial charge is 0.309 e. The van der Waals surface area contributed by atoms with E-state index in [0.717, 1.165) is 11.1 Å². The molecule has 2 rings (SSSR count). The van der Waals surface area contributed by atoms with E-state index < -0.39 is 4.92 Å². The molecular weight excluding hydrogens is 327 g/mol. The summed E-state index contributed by atoms with van der Waals surface area (Å²) in [4.78, 5) is 10.1. The fraction of sp³-hybridized carbons (Fsp3) is 0.143. The molecule has 1 N–H and O–H groups in total. The van der Waals surface area contributed by atoms with Crippen molar-refractivity contribution in [2.45, 2.75) is 13.1 Å². The van der Waals surface area contributed by atoms with Crippen LogP contribution in [0.5, 0.6) is 0 Å². The summed E-state index contributed by atoms with van der Waals surface area (Å²) in [7, 11) is 0. The van der Waals surface area contributed by atoms with Gasteiger partial charge in [0.2, 0.25) is 0 Å². The monoisotopic (exact) mass is 338 g/mol. The SMILES string of the molecule is O=[N+]([O-])c1ccc(CNCc2cccc(F)c2Br)cc1. The van der Waals surface area contributed by atoms with Gasteiger partial charge in [-0.15, -0.1) is 0 Å². The van der Waals surface area contributed by atoms with Gasteiger partial charge in [-0.2, -0.15) is 0 Å². The molecule has 20 heavy (non-hydrogen) atoms. The van der Waals surface area contributed by atoms with Crippen LogP contribution in [-0.4, -0.2) is 4.92 Å². The van der Waals surface area contributed by atoms with Gasteiger partial charge < -0.3 is 5.32 Å². The first kappa shape index (κ1) is 14.6. The van der Waals surface area contributed by atoms with Crippen LogP contribution < -0.4 is 5.32 Å². The lowest BCUT2D eigenvalue weighted by molar-refractivity contribution is -0.384. The zero-order valence-electron chi connectivity index (χ0n) is 10.5. The molecule has 0 heterocycles. The normalized spacial score (nSPS) is 10.5. The second-order valence-electron chi connectivity index (χ2n) is 4.24. The van der Waals surface area contributed by atoms with E-state index in [1.807, 2.05) is 6.07 Å². The first-order valence-corrected chi connectivity index (χ1v) is 6.74. The summed E-state index contributed by atoms with van der Waals surface area (Å²) in [5.41, 5.74) is 1.83. The molecule has 0 bridgehead atoms. The highest BCUT2D eigenvalue weighted by Gasteiger charge is 2.06. The molecule has 0 aliphatic rings. The molecule has 2 aromatic rings. The number of hydrogen-bond acceptors (Lipinski definition) is 3. The molecule has 0 unspecified atom stereocenters. The maximum absolute atomic E-state index is 13.3. The molecular formula is C14H12BrFN2O2. The van der Waals surface area contributed by atoms with Crippen molar-refractivity contribution in [2.24, 2.45) is 0 Å². The summed E-state index contributed by atoms with van der Waals surface area (Å²) in [5, 5.41) is 13.7. The van der Waals surface area contributed by atoms with Gasteiger partial charge in [-0.1, -0.05) is 24.3 Å². The van der Waals surface area contributed by atoms with E-state index in [0.29, 0.717) is 17.6 Å². The predicted octanol–water partition coefficient (Wildman–Crippen LogP) is 3.79. The van der Waals surface area contributed by atoms with Crippen molar-refractivity contribution in [1.82, 2.24) is 5.32 Å². The maximum Gasteiger partial charge on any atom is 0.269 e. The lowest BCUT2D eigenvalue weighted by Gasteiger charge is -2.07. The number of nitro groups is 1. The van der Waals surface area contributed by atoms with Gasteiger partial charge in [0.15, 0.2) is 0 Å². The lowest BCUT2D eigenvalue weighted by atomic mass is 10.2. The first-order valence-electron chi connectivity index (χ1n) is 5.95. The van der Waals surface area contributed by atoms with Gasteiger partial charge in [0, 0.05) is 25.2 Å². The van der Waals surface area contributed by atoms with Crippen molar-refractivity contribution < 1.29 is 9.31 Å². The van der Waals surface area contributed by atoms with Gasteiger partial charge in [-0.25, -0.2) is 4.39 Å². The summed E-state index contributed by atoms with van der Waals surface area (Å²) in [6, 6.07) is 11.2. The van der Waals surface area contributed by atoms with Crippen molar-refractivity contribution in [3.05, 3.63) is 74.0 Å². The Hall–Kier alpha value is -1.79. The Balaban J connectivity index is 1.92. The van der Waals surface area contributed by atoms with Gasteiger partial charge in [0.1, 0.15) is 5.82 Å². The fourth-order valence-electron chi connectivity index (χ4n) is 1.76. The van der Waals surface area contributed by atoms with Gasteiger partial charge in [0.25, 0.3) is 5.69 Å². The van der Waals surface area contributed by atoms with Crippen LogP contribution in [0, 0.1) is 15.9 Å². The maximum atomic E-state index is 13.3. The minimum atomic E-state index is -0.429. The highest BCUT2D eigenvalue weighted by molar-refractivity contribution is 9.10. The molecule has 0 saturated heterocycles. The average Bonchev–Trinajstić information content (AvgIpc) is 2.44. The van der Waals surface area contributed by atoms with Crippen LogP contribution in [0.15, 0.2) is 46.9 Å². The van der Waals surface area contributed by atoms with Crippen LogP contribution in [0.1, 0.15) is 11.1 Å². The molecule has 0 aromatic heterocycles. The number of halogens is 2. The second kappa shape index (κ2) is 6.58. The number of hydrogen-bond donors (Lipinski definition) is 1. The predicted molar refractivity (Wildman–Crippen MR) is 77.7 cm³/mol. The van der Waals surface area contributed by atoms with E-state index in [1.165, 1.54) is 18.2 Å². The molecule has 0 atom stereocenters. The highest BCUT2D eigenvalue weighted by atomic mass is 79.9. The smallest absolute Gasteiger partial charge is 0.269 e. The zero-order chi connectivity index (χ0) is 14.5. The molecule has 2 aromatic carbocycles. The highest BCUT2D eigenvalue weighted by Crippen LogP contribution is 2.20. The molecule has 4 nitrogen and oxygen atoms in total. The van der Waals surface area contributed by atoms with Gasteiger partial charge in [0.05, 0.1) is 9.40 Å². The quantitative estimate of drug-likeness (QED) is 0.666. The van der Waals surface area contributed by atoms with E-state index in [4.69, 9.17) is 0 Å². The Morgan fingerprint density at radius 1 is 1.15 bits per heavy atom. The summed E-state index contributed by atoms with van der Waals surface area (Å²) in [5.74, 6) is -0.292. The lowest BCUT2D eigenvalue weighted by Crippen LogP contribution is -2.13. The van der Waals surface area contributed by atoms with Crippen LogP contribution in [0.2, 0.25) is 0 Å². The van der Waals surface area contributed by atoms with Gasteiger partial charge in [-0.05, 0) is 33.1 Å². The van der Waals surface area contributed by atoms with E-state index in [-0.39, 0.29) is 11.5 Å². The van der Waals surface area contributed by atoms with Crippen molar-refractivity contribution in [1.29, 1.82) is 0 Å². The Kier molecular flexibility index (Phi) is 4.81. The van der Waals surface area contributed by atoms with Crippen LogP contribution in [0.4, 0.5) is 10.1 Å². The molecule has 0 spiro atoms. The summed E-state index contributed by atoms with van der Waals surface area (Å²) in [6.07, 6.45) is 0. The number of nitrogens with one attached hydrogen (secondary N) is 1. The third-order valence-corrected chi connectivity index (χ3v) is 3.71. The molecule has 104 valence electrons. The van der Waals surface area contributed by atoms with Crippen LogP contribution >= 0.6 is 15.9 Å². The molecule has 6 heteroatoms. The Morgan fingerprint density at radius 3 is 2.50 bits per heavy atom. The Bertz CT molecular complexity index is 617. The number of nitro benzene ring substituents is 1. The molecule has 0 radical (unpaired) electrons. The number of benzene rings is 2. The summed E-state index contributed by atoms with van der Waals surface area (Å²) >= 11 is 3.20. The number of nitrogens with zero attached hydrogens (tertiary/aromatic N) is 1. The minimum Gasteiger partial charge on any atom is -0.309 e. The van der Waals surface area contributed by atoms with E-state index in [2.05, 4.69) is 21.2 Å². The van der Waals surface area contributed by atoms with Crippen molar-refractivity contribution in [3.8, 4) is 0 Å². The fourth-order valence-corrected chi connectivity index (χ4v) is 2.17. The Labute approximate surface area is 123 Å². The van der Waals surface area contributed by atoms with Crippen molar-refractivity contribution in [2.75, 3.05) is 0 Å². The van der Waals surface area contributed by atoms with Crippen LogP contribution in [-0.2, 0) is 13.1 Å². The van der Waals surface area contributed by atoms with Crippen molar-refractivity contribution in [3.63, 3.8) is 0 Å². The molecule has 0 aliphatic carbocycles. The third kappa shape index (κ3) is 3.61. The zero-order valence-corrected chi connectivity index (χ0v) is 12.1. The van der Waals surface area contributed by atoms with Crippen LogP contribution in [0.3, 0.4) is 0 Å². The van der Waals surface area contributed by atoms with Crippen LogP contribution in [0.25, 0.3) is 0 Å². The Morgan fingerprint density at radius 2 is 1.85 bits per heavy atom. The number of rotatable bonds is 5. The second-order valence-corrected chi connectivity index (χ2v) is 5.03. The van der Waals surface area contributed by atoms with Gasteiger partial charge in [-0.3, -0.25) is 10.1 Å².